The maximum absolute atomic E-state index is 13.3. The monoisotopic (exact) mass is 487 g/mol. The number of nitrogens with one attached hydrogen (secondary N) is 1. The van der Waals surface area contributed by atoms with Gasteiger partial charge in [-0.15, -0.1) is 10.2 Å². The average molecular weight is 488 g/mol. The summed E-state index contributed by atoms with van der Waals surface area (Å²) in [6.45, 7) is 7.25. The van der Waals surface area contributed by atoms with Gasteiger partial charge in [-0.3, -0.25) is 24.2 Å². The van der Waals surface area contributed by atoms with Crippen molar-refractivity contribution in [1.29, 1.82) is 0 Å². The molecule has 0 aromatic carbocycles. The molecule has 3 aromatic heterocycles. The van der Waals surface area contributed by atoms with Crippen LogP contribution in [-0.2, 0) is 19.5 Å². The van der Waals surface area contributed by atoms with Gasteiger partial charge in [0.05, 0.1) is 36.1 Å². The number of methoxy groups -OCH3 is 2. The Bertz CT molecular complexity index is 1260. The number of rotatable bonds is 10. The molecule has 0 saturated carbocycles. The summed E-state index contributed by atoms with van der Waals surface area (Å²) >= 11 is 0. The van der Waals surface area contributed by atoms with Crippen molar-refractivity contribution in [3.8, 4) is 11.4 Å². The number of sulfonamides is 1. The van der Waals surface area contributed by atoms with Gasteiger partial charge in [0.2, 0.25) is 16.0 Å². The second-order valence-corrected chi connectivity index (χ2v) is 9.97. The normalized spacial score (nSPS) is 14.0. The highest BCUT2D eigenvalue weighted by atomic mass is 32.2. The summed E-state index contributed by atoms with van der Waals surface area (Å²) in [7, 11) is -0.883. The average Bonchev–Trinajstić information content (AvgIpc) is 3.21. The predicted molar refractivity (Wildman–Crippen MR) is 128 cm³/mol. The summed E-state index contributed by atoms with van der Waals surface area (Å²) in [5, 5.41) is 7.54. The second-order valence-electron chi connectivity index (χ2n) is 7.94. The quantitative estimate of drug-likeness (QED) is 0.428. The zero-order valence-electron chi connectivity index (χ0n) is 20.1. The molecule has 0 bridgehead atoms. The third kappa shape index (κ3) is 5.57. The van der Waals surface area contributed by atoms with Gasteiger partial charge in [0.1, 0.15) is 6.26 Å². The highest BCUT2D eigenvalue weighted by Crippen LogP contribution is 2.28. The molecular formula is C22H29N7O4S. The number of ether oxygens (including phenoxy) is 2. The van der Waals surface area contributed by atoms with Crippen LogP contribution in [0.2, 0.25) is 0 Å². The molecule has 3 heterocycles. The van der Waals surface area contributed by atoms with E-state index in [4.69, 9.17) is 9.47 Å². The van der Waals surface area contributed by atoms with Gasteiger partial charge >= 0.3 is 0 Å². The minimum atomic E-state index is -3.90. The van der Waals surface area contributed by atoms with E-state index in [1.165, 1.54) is 20.5 Å². The molecule has 2 atom stereocenters. The Morgan fingerprint density at radius 3 is 2.50 bits per heavy atom. The first-order valence-electron chi connectivity index (χ1n) is 10.6. The van der Waals surface area contributed by atoms with Crippen LogP contribution in [0.15, 0.2) is 37.1 Å². The van der Waals surface area contributed by atoms with Crippen LogP contribution in [0.4, 0.5) is 5.95 Å². The molecule has 34 heavy (non-hydrogen) atoms. The van der Waals surface area contributed by atoms with Crippen LogP contribution in [-0.4, -0.2) is 64.2 Å². The molecule has 1 N–H and O–H groups in total. The van der Waals surface area contributed by atoms with Gasteiger partial charge in [-0.1, -0.05) is 6.92 Å². The van der Waals surface area contributed by atoms with Crippen LogP contribution in [0.3, 0.4) is 0 Å². The summed E-state index contributed by atoms with van der Waals surface area (Å²) in [4.78, 5) is 12.8. The molecule has 0 aliphatic rings. The Morgan fingerprint density at radius 2 is 1.88 bits per heavy atom. The first-order chi connectivity index (χ1) is 16.2. The van der Waals surface area contributed by atoms with Crippen molar-refractivity contribution < 1.29 is 17.9 Å². The molecule has 0 spiro atoms. The summed E-state index contributed by atoms with van der Waals surface area (Å²) in [5.74, 6) is -0.0272. The van der Waals surface area contributed by atoms with Gasteiger partial charge in [0, 0.05) is 43.4 Å². The van der Waals surface area contributed by atoms with Crippen LogP contribution in [0.1, 0.15) is 36.7 Å². The van der Waals surface area contributed by atoms with E-state index in [1.807, 2.05) is 19.9 Å². The van der Waals surface area contributed by atoms with E-state index in [-0.39, 0.29) is 12.6 Å². The zero-order valence-corrected chi connectivity index (χ0v) is 20.9. The molecule has 3 aromatic rings. The van der Waals surface area contributed by atoms with E-state index in [2.05, 4.69) is 29.9 Å². The standard InChI is InChI=1S/C22H29N7O4S/c1-14-7-18(10-23-8-14)21-26-27-22(29(21)19(12-32-5)13-33-6)28-34(30,31)17(4)16(3)20-11-24-15(2)9-25-20/h7-12,16-17H,13H2,1-6H3,(H,27,28)/b19-12-/t16-,17-/m0/s1. The van der Waals surface area contributed by atoms with Gasteiger partial charge < -0.3 is 9.47 Å². The van der Waals surface area contributed by atoms with Crippen LogP contribution in [0, 0.1) is 13.8 Å². The lowest BCUT2D eigenvalue weighted by atomic mass is 10.1. The molecule has 0 aliphatic heterocycles. The molecule has 0 radical (unpaired) electrons. The minimum Gasteiger partial charge on any atom is -0.502 e. The summed E-state index contributed by atoms with van der Waals surface area (Å²) in [5.41, 5.74) is 3.41. The van der Waals surface area contributed by atoms with Crippen molar-refractivity contribution in [2.24, 2.45) is 0 Å². The molecule has 0 aliphatic carbocycles. The molecule has 0 amide bonds. The lowest BCUT2D eigenvalue weighted by Gasteiger charge is -2.21. The van der Waals surface area contributed by atoms with Crippen molar-refractivity contribution in [3.05, 3.63) is 54.1 Å². The molecule has 11 nitrogen and oxygen atoms in total. The van der Waals surface area contributed by atoms with Crippen molar-refractivity contribution in [3.63, 3.8) is 0 Å². The second kappa shape index (κ2) is 10.7. The Labute approximate surface area is 199 Å². The van der Waals surface area contributed by atoms with Gasteiger partial charge in [0.25, 0.3) is 0 Å². The van der Waals surface area contributed by atoms with Crippen LogP contribution in [0.5, 0.6) is 0 Å². The maximum Gasteiger partial charge on any atom is 0.243 e. The van der Waals surface area contributed by atoms with Crippen molar-refractivity contribution in [2.45, 2.75) is 38.9 Å². The van der Waals surface area contributed by atoms with E-state index in [0.29, 0.717) is 22.8 Å². The maximum atomic E-state index is 13.3. The number of nitrogens with zero attached hydrogens (tertiary/aromatic N) is 6. The fourth-order valence-electron chi connectivity index (χ4n) is 3.29. The van der Waals surface area contributed by atoms with E-state index in [9.17, 15) is 8.42 Å². The molecular weight excluding hydrogens is 458 g/mol. The summed E-state index contributed by atoms with van der Waals surface area (Å²) in [6.07, 6.45) is 8.00. The number of aryl methyl sites for hydroxylation is 2. The van der Waals surface area contributed by atoms with Crippen molar-refractivity contribution >= 4 is 21.7 Å². The molecule has 3 rings (SSSR count). The Kier molecular flexibility index (Phi) is 7.94. The number of anilines is 1. The fourth-order valence-corrected chi connectivity index (χ4v) is 4.54. The number of aromatic nitrogens is 6. The molecule has 0 unspecified atom stereocenters. The lowest BCUT2D eigenvalue weighted by molar-refractivity contribution is 0.231. The van der Waals surface area contributed by atoms with Crippen molar-refractivity contribution in [2.75, 3.05) is 25.5 Å². The van der Waals surface area contributed by atoms with Gasteiger partial charge in [0.15, 0.2) is 5.82 Å². The van der Waals surface area contributed by atoms with Crippen molar-refractivity contribution in [1.82, 2.24) is 29.7 Å². The first-order valence-corrected chi connectivity index (χ1v) is 12.1. The fraction of sp³-hybridized carbons (Fsp3) is 0.409. The Morgan fingerprint density at radius 1 is 1.12 bits per heavy atom. The Hall–Kier alpha value is -3.38. The third-order valence-corrected chi connectivity index (χ3v) is 7.18. The van der Waals surface area contributed by atoms with E-state index >= 15 is 0 Å². The lowest BCUT2D eigenvalue weighted by Crippen LogP contribution is -2.31. The van der Waals surface area contributed by atoms with Gasteiger partial charge in [-0.05, 0) is 32.4 Å². The van der Waals surface area contributed by atoms with Gasteiger partial charge in [-0.2, -0.15) is 0 Å². The first kappa shape index (κ1) is 25.2. The third-order valence-electron chi connectivity index (χ3n) is 5.32. The number of hydrogen-bond acceptors (Lipinski definition) is 9. The molecule has 0 saturated heterocycles. The Balaban J connectivity index is 2.03. The minimum absolute atomic E-state index is 0.00546. The molecule has 182 valence electrons. The van der Waals surface area contributed by atoms with Gasteiger partial charge in [-0.25, -0.2) is 8.42 Å². The van der Waals surface area contributed by atoms with E-state index in [0.717, 1.165) is 11.3 Å². The van der Waals surface area contributed by atoms with Crippen LogP contribution < -0.4 is 4.72 Å². The van der Waals surface area contributed by atoms with E-state index < -0.39 is 21.2 Å². The SMILES string of the molecule is CO/C=C(/COC)n1c(NS(=O)(=O)[C@@H](C)[C@H](C)c2cnc(C)cn2)nnc1-c1cncc(C)c1. The predicted octanol–water partition coefficient (Wildman–Crippen LogP) is 2.77. The highest BCUT2D eigenvalue weighted by molar-refractivity contribution is 7.93. The number of hydrogen-bond donors (Lipinski definition) is 1. The topological polar surface area (TPSA) is 134 Å². The molecule has 12 heteroatoms. The largest absolute Gasteiger partial charge is 0.502 e. The van der Waals surface area contributed by atoms with E-state index in [1.54, 1.807) is 43.2 Å². The number of pyridine rings is 1. The van der Waals surface area contributed by atoms with Crippen LogP contribution >= 0.6 is 0 Å². The molecule has 0 fully saturated rings. The highest BCUT2D eigenvalue weighted by Gasteiger charge is 2.31. The summed E-state index contributed by atoms with van der Waals surface area (Å²) < 4.78 is 41.3. The zero-order chi connectivity index (χ0) is 24.9. The van der Waals surface area contributed by atoms with Crippen LogP contribution in [0.25, 0.3) is 17.1 Å². The summed E-state index contributed by atoms with van der Waals surface area (Å²) in [6, 6.07) is 1.88. The smallest absolute Gasteiger partial charge is 0.243 e.